The molecule has 8 heteroatoms. The van der Waals surface area contributed by atoms with Gasteiger partial charge in [0, 0.05) is 4.90 Å². The molecule has 0 atom stereocenters. The van der Waals surface area contributed by atoms with Crippen molar-refractivity contribution in [2.75, 3.05) is 11.1 Å². The molecule has 2 aromatic carbocycles. The van der Waals surface area contributed by atoms with E-state index in [1.54, 1.807) is 11.8 Å². The minimum absolute atomic E-state index is 0.00674. The van der Waals surface area contributed by atoms with Gasteiger partial charge in [0.05, 0.1) is 17.0 Å². The zero-order valence-electron chi connectivity index (χ0n) is 13.8. The van der Waals surface area contributed by atoms with E-state index in [1.165, 1.54) is 17.0 Å². The molecule has 0 fully saturated rings. The van der Waals surface area contributed by atoms with Crippen molar-refractivity contribution < 1.29 is 13.6 Å². The average molecular weight is 392 g/mol. The van der Waals surface area contributed by atoms with Crippen LogP contribution in [-0.4, -0.2) is 21.9 Å². The lowest BCUT2D eigenvalue weighted by molar-refractivity contribution is 0.102. The van der Waals surface area contributed by atoms with Gasteiger partial charge in [0.25, 0.3) is 5.91 Å². The van der Waals surface area contributed by atoms with E-state index in [1.807, 2.05) is 24.3 Å². The number of thioether (sulfide) groups is 1. The van der Waals surface area contributed by atoms with Crippen LogP contribution in [-0.2, 0) is 6.42 Å². The maximum Gasteiger partial charge on any atom is 0.322 e. The Morgan fingerprint density at radius 2 is 2.00 bits per heavy atom. The molecule has 134 valence electrons. The van der Waals surface area contributed by atoms with Crippen LogP contribution in [0.25, 0.3) is 0 Å². The Balaban J connectivity index is 1.67. The number of carbonyl (C=O) groups is 1. The highest BCUT2D eigenvalue weighted by Crippen LogP contribution is 2.21. The minimum atomic E-state index is -0.746. The number of hydrogen-bond acceptors (Lipinski definition) is 5. The minimum Gasteiger partial charge on any atom is -0.407 e. The van der Waals surface area contributed by atoms with Gasteiger partial charge in [-0.3, -0.25) is 10.1 Å². The Bertz CT molecular complexity index is 895. The number of nitrogens with one attached hydrogen (secondary N) is 1. The lowest BCUT2D eigenvalue weighted by Crippen LogP contribution is -2.14. The van der Waals surface area contributed by atoms with Gasteiger partial charge < -0.3 is 4.42 Å². The fourth-order valence-electron chi connectivity index (χ4n) is 2.29. The topological polar surface area (TPSA) is 68.0 Å². The number of rotatable bonds is 6. The first-order valence-corrected chi connectivity index (χ1v) is 9.22. The summed E-state index contributed by atoms with van der Waals surface area (Å²) in [6, 6.07) is 11.9. The van der Waals surface area contributed by atoms with Crippen LogP contribution in [0.3, 0.4) is 0 Å². The molecule has 0 spiro atoms. The molecule has 0 saturated carbocycles. The van der Waals surface area contributed by atoms with Gasteiger partial charge in [0.2, 0.25) is 5.89 Å². The van der Waals surface area contributed by atoms with Gasteiger partial charge in [-0.2, -0.15) is 0 Å². The maximum atomic E-state index is 13.8. The number of anilines is 1. The smallest absolute Gasteiger partial charge is 0.322 e. The predicted octanol–water partition coefficient (Wildman–Crippen LogP) is 4.82. The third kappa shape index (κ3) is 4.42. The van der Waals surface area contributed by atoms with Crippen LogP contribution in [0, 0.1) is 5.82 Å². The van der Waals surface area contributed by atoms with Crippen LogP contribution >= 0.6 is 23.4 Å². The van der Waals surface area contributed by atoms with Crippen LogP contribution in [0.2, 0.25) is 5.02 Å². The second-order valence-corrected chi connectivity index (χ2v) is 7.05. The highest BCUT2D eigenvalue weighted by molar-refractivity contribution is 7.99. The van der Waals surface area contributed by atoms with E-state index < -0.39 is 11.7 Å². The molecule has 3 aromatic rings. The molecule has 0 aliphatic heterocycles. The summed E-state index contributed by atoms with van der Waals surface area (Å²) in [6.45, 7) is 2.10. The summed E-state index contributed by atoms with van der Waals surface area (Å²) >= 11 is 7.63. The molecular weight excluding hydrogens is 377 g/mol. The van der Waals surface area contributed by atoms with Crippen molar-refractivity contribution in [3.63, 3.8) is 0 Å². The summed E-state index contributed by atoms with van der Waals surface area (Å²) in [5, 5.41) is 10.0. The summed E-state index contributed by atoms with van der Waals surface area (Å²) in [7, 11) is 0. The van der Waals surface area contributed by atoms with E-state index in [0.29, 0.717) is 12.3 Å². The highest BCUT2D eigenvalue weighted by Gasteiger charge is 2.18. The van der Waals surface area contributed by atoms with Crippen molar-refractivity contribution in [1.82, 2.24) is 10.2 Å². The molecule has 1 aromatic heterocycles. The van der Waals surface area contributed by atoms with E-state index in [4.69, 9.17) is 16.0 Å². The Hall–Kier alpha value is -2.38. The summed E-state index contributed by atoms with van der Waals surface area (Å²) in [5.41, 5.74) is 0.738. The number of aromatic nitrogens is 2. The van der Waals surface area contributed by atoms with Crippen molar-refractivity contribution in [2.24, 2.45) is 0 Å². The van der Waals surface area contributed by atoms with Gasteiger partial charge >= 0.3 is 6.01 Å². The third-order valence-electron chi connectivity index (χ3n) is 3.47. The number of benzene rings is 2. The van der Waals surface area contributed by atoms with Crippen LogP contribution in [0.15, 0.2) is 51.8 Å². The SMILES string of the molecule is CCSc1ccc(Cc2nnc(NC(=O)c3c(F)cccc3Cl)o2)cc1. The van der Waals surface area contributed by atoms with Crippen molar-refractivity contribution in [2.45, 2.75) is 18.2 Å². The quantitative estimate of drug-likeness (QED) is 0.610. The van der Waals surface area contributed by atoms with E-state index >= 15 is 0 Å². The summed E-state index contributed by atoms with van der Waals surface area (Å²) in [6.07, 6.45) is 0.431. The van der Waals surface area contributed by atoms with E-state index in [9.17, 15) is 9.18 Å². The van der Waals surface area contributed by atoms with E-state index in [2.05, 4.69) is 22.4 Å². The fraction of sp³-hybridized carbons (Fsp3) is 0.167. The number of carbonyl (C=O) groups excluding carboxylic acids is 1. The zero-order chi connectivity index (χ0) is 18.5. The average Bonchev–Trinajstić information content (AvgIpc) is 3.03. The van der Waals surface area contributed by atoms with Crippen molar-refractivity contribution in [3.8, 4) is 0 Å². The number of nitrogens with zero attached hydrogens (tertiary/aromatic N) is 2. The lowest BCUT2D eigenvalue weighted by atomic mass is 10.1. The van der Waals surface area contributed by atoms with Gasteiger partial charge in [0.1, 0.15) is 5.82 Å². The monoisotopic (exact) mass is 391 g/mol. The van der Waals surface area contributed by atoms with Gasteiger partial charge in [-0.1, -0.05) is 41.8 Å². The normalized spacial score (nSPS) is 10.7. The molecule has 0 bridgehead atoms. The summed E-state index contributed by atoms with van der Waals surface area (Å²) < 4.78 is 19.2. The molecule has 1 N–H and O–H groups in total. The second-order valence-electron chi connectivity index (χ2n) is 5.31. The molecule has 26 heavy (non-hydrogen) atoms. The zero-order valence-corrected chi connectivity index (χ0v) is 15.4. The van der Waals surface area contributed by atoms with Gasteiger partial charge in [-0.25, -0.2) is 4.39 Å². The third-order valence-corrected chi connectivity index (χ3v) is 4.68. The van der Waals surface area contributed by atoms with Gasteiger partial charge in [0.15, 0.2) is 0 Å². The van der Waals surface area contributed by atoms with Gasteiger partial charge in [-0.05, 0) is 35.6 Å². The lowest BCUT2D eigenvalue weighted by Gasteiger charge is -2.04. The molecule has 0 saturated heterocycles. The first-order valence-electron chi connectivity index (χ1n) is 7.86. The first kappa shape index (κ1) is 18.4. The maximum absolute atomic E-state index is 13.8. The molecule has 3 rings (SSSR count). The molecule has 0 aliphatic rings. The molecule has 0 aliphatic carbocycles. The number of amides is 1. The van der Waals surface area contributed by atoms with Crippen LogP contribution in [0.4, 0.5) is 10.4 Å². The van der Waals surface area contributed by atoms with E-state index in [-0.39, 0.29) is 16.6 Å². The van der Waals surface area contributed by atoms with Crippen LogP contribution in [0.1, 0.15) is 28.7 Å². The Morgan fingerprint density at radius 1 is 1.23 bits per heavy atom. The van der Waals surface area contributed by atoms with Gasteiger partial charge in [-0.15, -0.1) is 16.9 Å². The van der Waals surface area contributed by atoms with Crippen molar-refractivity contribution in [1.29, 1.82) is 0 Å². The summed E-state index contributed by atoms with van der Waals surface area (Å²) in [5.74, 6) is -0.113. The number of hydrogen-bond donors (Lipinski definition) is 1. The number of halogens is 2. The fourth-order valence-corrected chi connectivity index (χ4v) is 3.21. The molecule has 0 radical (unpaired) electrons. The Morgan fingerprint density at radius 3 is 2.69 bits per heavy atom. The Kier molecular flexibility index (Phi) is 5.90. The van der Waals surface area contributed by atoms with Crippen molar-refractivity contribution in [3.05, 3.63) is 70.3 Å². The molecule has 0 unspecified atom stereocenters. The highest BCUT2D eigenvalue weighted by atomic mass is 35.5. The van der Waals surface area contributed by atoms with Crippen LogP contribution in [0.5, 0.6) is 0 Å². The van der Waals surface area contributed by atoms with Crippen LogP contribution < -0.4 is 5.32 Å². The molecule has 5 nitrogen and oxygen atoms in total. The van der Waals surface area contributed by atoms with Crippen molar-refractivity contribution >= 4 is 35.3 Å². The standard InChI is InChI=1S/C18H15ClFN3O2S/c1-2-26-12-8-6-11(7-9-12)10-15-22-23-18(25-15)21-17(24)16-13(19)4-3-5-14(16)20/h3-9H,2,10H2,1H3,(H,21,23,24). The first-order chi connectivity index (χ1) is 12.6. The molecule has 1 amide bonds. The second kappa shape index (κ2) is 8.33. The van der Waals surface area contributed by atoms with E-state index in [0.717, 1.165) is 17.4 Å². The summed E-state index contributed by atoms with van der Waals surface area (Å²) in [4.78, 5) is 13.3. The Labute approximate surface area is 159 Å². The molecular formula is C18H15ClFN3O2S. The molecule has 1 heterocycles. The largest absolute Gasteiger partial charge is 0.407 e. The predicted molar refractivity (Wildman–Crippen MR) is 99.3 cm³/mol.